The molecule has 3 N–H and O–H groups in total. The fourth-order valence-corrected chi connectivity index (χ4v) is 2.79. The molecule has 0 aliphatic rings. The van der Waals surface area contributed by atoms with Gasteiger partial charge in [-0.3, -0.25) is 15.6 Å². The molecule has 4 nitrogen and oxygen atoms in total. The van der Waals surface area contributed by atoms with Crippen molar-refractivity contribution in [1.82, 2.24) is 10.9 Å². The van der Waals surface area contributed by atoms with Gasteiger partial charge in [-0.25, -0.2) is 4.39 Å². The number of halogens is 2. The molecule has 0 atom stereocenters. The van der Waals surface area contributed by atoms with Crippen LogP contribution >= 0.6 is 35.6 Å². The molecule has 0 radical (unpaired) electrons. The summed E-state index contributed by atoms with van der Waals surface area (Å²) < 4.78 is 13.4. The highest BCUT2D eigenvalue weighted by Gasteiger charge is 2.07. The summed E-state index contributed by atoms with van der Waals surface area (Å²) in [5.41, 5.74) is 6.70. The van der Waals surface area contributed by atoms with E-state index < -0.39 is 0 Å². The molecule has 0 saturated heterocycles. The second-order valence-electron chi connectivity index (χ2n) is 4.81. The molecule has 0 aliphatic heterocycles. The van der Waals surface area contributed by atoms with E-state index in [0.29, 0.717) is 15.6 Å². The number of thiocarbonyl (C=S) groups is 1. The highest BCUT2D eigenvalue weighted by Crippen LogP contribution is 2.21. The minimum Gasteiger partial charge on any atom is -0.331 e. The van der Waals surface area contributed by atoms with Crippen molar-refractivity contribution in [2.45, 2.75) is 11.8 Å². The van der Waals surface area contributed by atoms with E-state index in [4.69, 9.17) is 23.8 Å². The molecule has 2 aromatic rings. The lowest BCUT2D eigenvalue weighted by molar-refractivity contribution is -0.119. The van der Waals surface area contributed by atoms with Crippen LogP contribution in [0.2, 0.25) is 5.02 Å². The Labute approximate surface area is 154 Å². The number of carbonyl (C=O) groups excluding carboxylic acids is 1. The number of nitrogens with one attached hydrogen (secondary N) is 3. The maximum absolute atomic E-state index is 13.4. The number of hydrazine groups is 1. The SMILES string of the molecule is Cc1ccc(NC(=S)NNC(=O)CSc2ccccc2F)cc1Cl. The summed E-state index contributed by atoms with van der Waals surface area (Å²) in [7, 11) is 0. The minimum atomic E-state index is -0.350. The van der Waals surface area contributed by atoms with E-state index in [2.05, 4.69) is 16.2 Å². The van der Waals surface area contributed by atoms with Crippen LogP contribution in [-0.2, 0) is 4.79 Å². The quantitative estimate of drug-likeness (QED) is 0.425. The summed E-state index contributed by atoms with van der Waals surface area (Å²) in [5.74, 6) is -0.613. The third kappa shape index (κ3) is 5.67. The highest BCUT2D eigenvalue weighted by atomic mass is 35.5. The molecule has 0 aliphatic carbocycles. The van der Waals surface area contributed by atoms with E-state index in [-0.39, 0.29) is 22.6 Å². The van der Waals surface area contributed by atoms with Crippen LogP contribution in [0.4, 0.5) is 10.1 Å². The number of anilines is 1. The first kappa shape index (κ1) is 18.5. The summed E-state index contributed by atoms with van der Waals surface area (Å²) in [5, 5.41) is 3.74. The molecule has 24 heavy (non-hydrogen) atoms. The first-order chi connectivity index (χ1) is 11.5. The van der Waals surface area contributed by atoms with Gasteiger partial charge in [0.2, 0.25) is 5.91 Å². The molecule has 2 rings (SSSR count). The topological polar surface area (TPSA) is 53.2 Å². The molecule has 0 heterocycles. The predicted octanol–water partition coefficient (Wildman–Crippen LogP) is 3.90. The first-order valence-corrected chi connectivity index (χ1v) is 8.72. The van der Waals surface area contributed by atoms with E-state index in [0.717, 1.165) is 17.3 Å². The number of amides is 1. The summed E-state index contributed by atoms with van der Waals surface area (Å²) in [6.45, 7) is 1.90. The van der Waals surface area contributed by atoms with Gasteiger partial charge in [0.1, 0.15) is 5.82 Å². The van der Waals surface area contributed by atoms with Crippen LogP contribution in [-0.4, -0.2) is 16.8 Å². The van der Waals surface area contributed by atoms with Crippen LogP contribution in [0, 0.1) is 12.7 Å². The Morgan fingerprint density at radius 1 is 1.25 bits per heavy atom. The molecular formula is C16H15ClFN3OS2. The Morgan fingerprint density at radius 3 is 2.71 bits per heavy atom. The number of hydrogen-bond acceptors (Lipinski definition) is 3. The van der Waals surface area contributed by atoms with Crippen molar-refractivity contribution in [3.8, 4) is 0 Å². The summed E-state index contributed by atoms with van der Waals surface area (Å²) in [6.07, 6.45) is 0. The van der Waals surface area contributed by atoms with Crippen molar-refractivity contribution in [2.24, 2.45) is 0 Å². The lowest BCUT2D eigenvalue weighted by Gasteiger charge is -2.12. The number of benzene rings is 2. The standard InChI is InChI=1S/C16H15ClFN3OS2/c1-10-6-7-11(8-12(10)17)19-16(23)21-20-15(22)9-24-14-5-3-2-4-13(14)18/h2-8H,9H2,1H3,(H,20,22)(H2,19,21,23). The smallest absolute Gasteiger partial charge is 0.248 e. The molecule has 0 spiro atoms. The number of hydrogen-bond donors (Lipinski definition) is 3. The molecule has 8 heteroatoms. The van der Waals surface area contributed by atoms with E-state index >= 15 is 0 Å². The van der Waals surface area contributed by atoms with Crippen LogP contribution in [0.15, 0.2) is 47.4 Å². The lowest BCUT2D eigenvalue weighted by atomic mass is 10.2. The Balaban J connectivity index is 1.76. The molecule has 1 amide bonds. The van der Waals surface area contributed by atoms with Crippen LogP contribution in [0.5, 0.6) is 0 Å². The van der Waals surface area contributed by atoms with Gasteiger partial charge in [-0.05, 0) is 49.0 Å². The predicted molar refractivity (Wildman–Crippen MR) is 101 cm³/mol. The van der Waals surface area contributed by atoms with Crippen molar-refractivity contribution in [3.05, 3.63) is 58.9 Å². The monoisotopic (exact) mass is 383 g/mol. The summed E-state index contributed by atoms with van der Waals surface area (Å²) in [4.78, 5) is 12.2. The first-order valence-electron chi connectivity index (χ1n) is 6.95. The number of aryl methyl sites for hydroxylation is 1. The van der Waals surface area contributed by atoms with Crippen LogP contribution in [0.3, 0.4) is 0 Å². The number of carbonyl (C=O) groups is 1. The highest BCUT2D eigenvalue weighted by molar-refractivity contribution is 8.00. The number of rotatable bonds is 4. The molecule has 0 fully saturated rings. The van der Waals surface area contributed by atoms with E-state index in [1.807, 2.05) is 19.1 Å². The van der Waals surface area contributed by atoms with Gasteiger partial charge in [0.25, 0.3) is 0 Å². The summed E-state index contributed by atoms with van der Waals surface area (Å²) in [6, 6.07) is 11.7. The summed E-state index contributed by atoms with van der Waals surface area (Å²) >= 11 is 12.2. The largest absolute Gasteiger partial charge is 0.331 e. The maximum atomic E-state index is 13.4. The maximum Gasteiger partial charge on any atom is 0.248 e. The molecular weight excluding hydrogens is 369 g/mol. The van der Waals surface area contributed by atoms with Crippen molar-refractivity contribution >= 4 is 52.3 Å². The molecule has 0 bridgehead atoms. The van der Waals surface area contributed by atoms with Gasteiger partial charge < -0.3 is 5.32 Å². The van der Waals surface area contributed by atoms with Crippen LogP contribution < -0.4 is 16.2 Å². The molecule has 126 valence electrons. The molecule has 0 saturated carbocycles. The van der Waals surface area contributed by atoms with Gasteiger partial charge in [0.05, 0.1) is 5.75 Å². The van der Waals surface area contributed by atoms with Gasteiger partial charge in [0.15, 0.2) is 5.11 Å². The second kappa shape index (κ2) is 8.86. The van der Waals surface area contributed by atoms with Gasteiger partial charge >= 0.3 is 0 Å². The zero-order valence-electron chi connectivity index (χ0n) is 12.7. The Bertz CT molecular complexity index is 758. The third-order valence-corrected chi connectivity index (χ3v) is 4.60. The third-order valence-electron chi connectivity index (χ3n) is 2.94. The van der Waals surface area contributed by atoms with Crippen molar-refractivity contribution < 1.29 is 9.18 Å². The average Bonchev–Trinajstić information content (AvgIpc) is 2.55. The van der Waals surface area contributed by atoms with Crippen molar-refractivity contribution in [2.75, 3.05) is 11.1 Å². The fraction of sp³-hybridized carbons (Fsp3) is 0.125. The Morgan fingerprint density at radius 2 is 2.00 bits per heavy atom. The van der Waals surface area contributed by atoms with E-state index in [9.17, 15) is 9.18 Å². The van der Waals surface area contributed by atoms with Crippen LogP contribution in [0.1, 0.15) is 5.56 Å². The minimum absolute atomic E-state index is 0.0624. The number of thioether (sulfide) groups is 1. The van der Waals surface area contributed by atoms with Crippen LogP contribution in [0.25, 0.3) is 0 Å². The van der Waals surface area contributed by atoms with Gasteiger partial charge in [-0.1, -0.05) is 29.8 Å². The molecule has 0 aromatic heterocycles. The van der Waals surface area contributed by atoms with E-state index in [1.165, 1.54) is 6.07 Å². The Kier molecular flexibility index (Phi) is 6.84. The lowest BCUT2D eigenvalue weighted by Crippen LogP contribution is -2.44. The van der Waals surface area contributed by atoms with Gasteiger partial charge in [0, 0.05) is 15.6 Å². The van der Waals surface area contributed by atoms with Gasteiger partial charge in [-0.2, -0.15) is 0 Å². The van der Waals surface area contributed by atoms with Crippen molar-refractivity contribution in [1.29, 1.82) is 0 Å². The fourth-order valence-electron chi connectivity index (χ4n) is 1.70. The second-order valence-corrected chi connectivity index (χ2v) is 6.64. The van der Waals surface area contributed by atoms with E-state index in [1.54, 1.807) is 24.3 Å². The zero-order chi connectivity index (χ0) is 17.5. The zero-order valence-corrected chi connectivity index (χ0v) is 15.1. The average molecular weight is 384 g/mol. The normalized spacial score (nSPS) is 10.1. The van der Waals surface area contributed by atoms with Gasteiger partial charge in [-0.15, -0.1) is 11.8 Å². The van der Waals surface area contributed by atoms with Crippen molar-refractivity contribution in [3.63, 3.8) is 0 Å². The molecule has 2 aromatic carbocycles. The Hall–Kier alpha value is -1.83. The molecule has 0 unspecified atom stereocenters.